The number of nitrogens with zero attached hydrogens (tertiary/aromatic N) is 1. The fourth-order valence-corrected chi connectivity index (χ4v) is 4.20. The quantitative estimate of drug-likeness (QED) is 0.650. The summed E-state index contributed by atoms with van der Waals surface area (Å²) in [5.74, 6) is -1.06. The summed E-state index contributed by atoms with van der Waals surface area (Å²) in [7, 11) is 1.29. The highest BCUT2D eigenvalue weighted by Crippen LogP contribution is 2.43. The van der Waals surface area contributed by atoms with E-state index in [1.807, 2.05) is 35.2 Å². The third-order valence-corrected chi connectivity index (χ3v) is 5.34. The molecule has 132 valence electrons. The van der Waals surface area contributed by atoms with Crippen molar-refractivity contribution in [2.24, 2.45) is 0 Å². The molecule has 7 heteroatoms. The molecule has 2 aromatic rings. The average Bonchev–Trinajstić information content (AvgIpc) is 3.08. The molecule has 0 saturated carbocycles. The lowest BCUT2D eigenvalue weighted by atomic mass is 10.0. The molecule has 0 amide bonds. The molecule has 0 unspecified atom stereocenters. The van der Waals surface area contributed by atoms with E-state index in [0.717, 1.165) is 5.56 Å². The van der Waals surface area contributed by atoms with Gasteiger partial charge >= 0.3 is 5.97 Å². The van der Waals surface area contributed by atoms with Gasteiger partial charge in [-0.3, -0.25) is 4.79 Å². The van der Waals surface area contributed by atoms with Crippen LogP contribution in [-0.4, -0.2) is 56.9 Å². The lowest BCUT2D eigenvalue weighted by molar-refractivity contribution is 0.0597. The van der Waals surface area contributed by atoms with Crippen molar-refractivity contribution in [2.45, 2.75) is 0 Å². The Morgan fingerprint density at radius 1 is 1.20 bits per heavy atom. The van der Waals surface area contributed by atoms with Crippen LogP contribution in [0.25, 0.3) is 10.4 Å². The van der Waals surface area contributed by atoms with Gasteiger partial charge in [0.2, 0.25) is 0 Å². The summed E-state index contributed by atoms with van der Waals surface area (Å²) in [4.78, 5) is 27.6. The second kappa shape index (κ2) is 7.77. The molecule has 0 aliphatic carbocycles. The Labute approximate surface area is 149 Å². The maximum absolute atomic E-state index is 12.5. The van der Waals surface area contributed by atoms with Gasteiger partial charge in [0.15, 0.2) is 5.78 Å². The number of carbonyl (C=O) groups is 2. The number of morpholine rings is 1. The fraction of sp³-hybridized carbons (Fsp3) is 0.333. The Balaban J connectivity index is 2.22. The Hall–Kier alpha value is -2.22. The van der Waals surface area contributed by atoms with E-state index < -0.39 is 18.4 Å². The molecule has 6 nitrogen and oxygen atoms in total. The number of ketones is 1. The molecular weight excluding hydrogens is 342 g/mol. The van der Waals surface area contributed by atoms with Crippen LogP contribution in [0.15, 0.2) is 30.3 Å². The van der Waals surface area contributed by atoms with Crippen molar-refractivity contribution in [3.05, 3.63) is 41.5 Å². The molecule has 3 rings (SSSR count). The largest absolute Gasteiger partial charge is 0.465 e. The number of aliphatic hydroxyl groups is 1. The monoisotopic (exact) mass is 361 g/mol. The number of hydrogen-bond acceptors (Lipinski definition) is 7. The predicted octanol–water partition coefficient (Wildman–Crippen LogP) is 2.21. The van der Waals surface area contributed by atoms with E-state index in [1.54, 1.807) is 0 Å². The average molecular weight is 361 g/mol. The van der Waals surface area contributed by atoms with Crippen molar-refractivity contribution in [2.75, 3.05) is 44.9 Å². The van der Waals surface area contributed by atoms with Crippen LogP contribution >= 0.6 is 11.3 Å². The van der Waals surface area contributed by atoms with Crippen LogP contribution in [0.5, 0.6) is 0 Å². The summed E-state index contributed by atoms with van der Waals surface area (Å²) in [5.41, 5.74) is 1.29. The maximum atomic E-state index is 12.5. The first-order chi connectivity index (χ1) is 12.2. The summed E-state index contributed by atoms with van der Waals surface area (Å²) in [6.07, 6.45) is 0. The van der Waals surface area contributed by atoms with E-state index in [2.05, 4.69) is 0 Å². The minimum absolute atomic E-state index is 0.222. The SMILES string of the molecule is COC(=O)c1c(-c2ccccc2)sc(N2CCOCC2)c1C(=O)CO. The minimum atomic E-state index is -0.660. The Morgan fingerprint density at radius 2 is 1.88 bits per heavy atom. The lowest BCUT2D eigenvalue weighted by Gasteiger charge is -2.28. The zero-order valence-electron chi connectivity index (χ0n) is 13.9. The first-order valence-corrected chi connectivity index (χ1v) is 8.76. The van der Waals surface area contributed by atoms with Crippen molar-refractivity contribution in [1.29, 1.82) is 0 Å². The number of esters is 1. The molecule has 0 bridgehead atoms. The number of methoxy groups -OCH3 is 1. The maximum Gasteiger partial charge on any atom is 0.340 e. The van der Waals surface area contributed by atoms with Crippen molar-refractivity contribution in [1.82, 2.24) is 0 Å². The van der Waals surface area contributed by atoms with E-state index in [0.29, 0.717) is 36.2 Å². The Kier molecular flexibility index (Phi) is 5.47. The number of thiophene rings is 1. The number of hydrogen-bond donors (Lipinski definition) is 1. The van der Waals surface area contributed by atoms with Crippen LogP contribution in [0.3, 0.4) is 0 Å². The van der Waals surface area contributed by atoms with Crippen LogP contribution < -0.4 is 4.90 Å². The number of rotatable bonds is 5. The number of Topliss-reactive ketones (excluding diaryl/α,β-unsaturated/α-hetero) is 1. The van der Waals surface area contributed by atoms with Gasteiger partial charge < -0.3 is 19.5 Å². The molecule has 0 radical (unpaired) electrons. The van der Waals surface area contributed by atoms with Crippen molar-refractivity contribution in [3.8, 4) is 10.4 Å². The topological polar surface area (TPSA) is 76.1 Å². The molecule has 1 fully saturated rings. The highest BCUT2D eigenvalue weighted by atomic mass is 32.1. The summed E-state index contributed by atoms with van der Waals surface area (Å²) < 4.78 is 10.3. The van der Waals surface area contributed by atoms with Gasteiger partial charge in [0.1, 0.15) is 11.6 Å². The number of anilines is 1. The predicted molar refractivity (Wildman–Crippen MR) is 95.5 cm³/mol. The van der Waals surface area contributed by atoms with Gasteiger partial charge in [-0.05, 0) is 5.56 Å². The van der Waals surface area contributed by atoms with Crippen molar-refractivity contribution in [3.63, 3.8) is 0 Å². The Bertz CT molecular complexity index is 765. The van der Waals surface area contributed by atoms with Gasteiger partial charge in [0.05, 0.1) is 36.3 Å². The zero-order valence-corrected chi connectivity index (χ0v) is 14.7. The van der Waals surface area contributed by atoms with Crippen LogP contribution in [-0.2, 0) is 9.47 Å². The van der Waals surface area contributed by atoms with Crippen molar-refractivity contribution < 1.29 is 24.2 Å². The van der Waals surface area contributed by atoms with Gasteiger partial charge in [-0.15, -0.1) is 11.3 Å². The van der Waals surface area contributed by atoms with Gasteiger partial charge in [-0.1, -0.05) is 30.3 Å². The molecule has 1 aliphatic rings. The van der Waals surface area contributed by atoms with Gasteiger partial charge in [-0.25, -0.2) is 4.79 Å². The molecule has 1 aromatic carbocycles. The van der Waals surface area contributed by atoms with Crippen LogP contribution in [0.4, 0.5) is 5.00 Å². The van der Waals surface area contributed by atoms with Gasteiger partial charge in [0, 0.05) is 13.1 Å². The van der Waals surface area contributed by atoms with Crippen molar-refractivity contribution >= 4 is 28.1 Å². The summed E-state index contributed by atoms with van der Waals surface area (Å²) >= 11 is 1.37. The second-order valence-electron chi connectivity index (χ2n) is 5.52. The van der Waals surface area contributed by atoms with E-state index in [9.17, 15) is 14.7 Å². The molecule has 1 aliphatic heterocycles. The summed E-state index contributed by atoms with van der Waals surface area (Å²) in [5, 5.41) is 10.1. The first kappa shape index (κ1) is 17.6. The highest BCUT2D eigenvalue weighted by Gasteiger charge is 2.31. The molecule has 2 heterocycles. The summed E-state index contributed by atoms with van der Waals surface area (Å²) in [6.45, 7) is 1.70. The number of aliphatic hydroxyl groups excluding tert-OH is 1. The van der Waals surface area contributed by atoms with E-state index in [1.165, 1.54) is 18.4 Å². The molecule has 0 atom stereocenters. The zero-order chi connectivity index (χ0) is 17.8. The van der Waals surface area contributed by atoms with Crippen LogP contribution in [0, 0.1) is 0 Å². The normalized spacial score (nSPS) is 14.4. The lowest BCUT2D eigenvalue weighted by Crippen LogP contribution is -2.36. The third-order valence-electron chi connectivity index (χ3n) is 4.04. The van der Waals surface area contributed by atoms with Crippen LogP contribution in [0.1, 0.15) is 20.7 Å². The molecule has 25 heavy (non-hydrogen) atoms. The molecular formula is C18H19NO5S. The molecule has 1 N–H and O–H groups in total. The highest BCUT2D eigenvalue weighted by molar-refractivity contribution is 7.20. The smallest absolute Gasteiger partial charge is 0.340 e. The molecule has 1 saturated heterocycles. The standard InChI is InChI=1S/C18H19NO5S/c1-23-18(22)15-14(13(21)11-20)17(19-7-9-24-10-8-19)25-16(15)12-5-3-2-4-6-12/h2-6,20H,7-11H2,1H3. The first-order valence-electron chi connectivity index (χ1n) is 7.94. The molecule has 0 spiro atoms. The van der Waals surface area contributed by atoms with E-state index in [-0.39, 0.29) is 11.1 Å². The number of carbonyl (C=O) groups excluding carboxylic acids is 2. The fourth-order valence-electron chi connectivity index (χ4n) is 2.84. The second-order valence-corrected chi connectivity index (χ2v) is 6.52. The molecule has 1 aromatic heterocycles. The van der Waals surface area contributed by atoms with Gasteiger partial charge in [0.25, 0.3) is 0 Å². The Morgan fingerprint density at radius 3 is 2.48 bits per heavy atom. The number of benzene rings is 1. The third kappa shape index (κ3) is 3.44. The van der Waals surface area contributed by atoms with E-state index in [4.69, 9.17) is 9.47 Å². The summed E-state index contributed by atoms with van der Waals surface area (Å²) in [6, 6.07) is 9.40. The van der Waals surface area contributed by atoms with E-state index >= 15 is 0 Å². The number of ether oxygens (including phenoxy) is 2. The van der Waals surface area contributed by atoms with Crippen LogP contribution in [0.2, 0.25) is 0 Å². The van der Waals surface area contributed by atoms with Gasteiger partial charge in [-0.2, -0.15) is 0 Å². The minimum Gasteiger partial charge on any atom is -0.465 e.